The molecule has 1 aliphatic rings. The van der Waals surface area contributed by atoms with Gasteiger partial charge in [0.05, 0.1) is 6.20 Å². The van der Waals surface area contributed by atoms with Crippen LogP contribution in [0.3, 0.4) is 0 Å². The first-order chi connectivity index (χ1) is 13.4. The van der Waals surface area contributed by atoms with E-state index in [1.54, 1.807) is 10.9 Å². The van der Waals surface area contributed by atoms with Crippen LogP contribution in [0.5, 0.6) is 0 Å². The van der Waals surface area contributed by atoms with E-state index in [4.69, 9.17) is 0 Å². The minimum Gasteiger partial charge on any atom is -0.273 e. The third kappa shape index (κ3) is 3.01. The summed E-state index contributed by atoms with van der Waals surface area (Å²) in [4.78, 5) is 12.3. The molecule has 142 valence electrons. The minimum absolute atomic E-state index is 0.121. The van der Waals surface area contributed by atoms with E-state index in [9.17, 15) is 13.2 Å². The second-order valence-electron chi connectivity index (χ2n) is 6.55. The number of amides is 1. The predicted molar refractivity (Wildman–Crippen MR) is 108 cm³/mol. The molecule has 0 aliphatic carbocycles. The van der Waals surface area contributed by atoms with Crippen LogP contribution in [0, 0.1) is 0 Å². The lowest BCUT2D eigenvalue weighted by molar-refractivity contribution is -0.116. The van der Waals surface area contributed by atoms with Gasteiger partial charge in [-0.15, -0.1) is 0 Å². The number of hydrazone groups is 1. The van der Waals surface area contributed by atoms with Gasteiger partial charge in [0.25, 0.3) is 0 Å². The molecule has 0 spiro atoms. The van der Waals surface area contributed by atoms with Crippen molar-refractivity contribution in [1.29, 1.82) is 0 Å². The molecule has 1 aliphatic heterocycles. The van der Waals surface area contributed by atoms with Gasteiger partial charge in [0.1, 0.15) is 6.04 Å². The Morgan fingerprint density at radius 1 is 1.00 bits per heavy atom. The first-order valence-corrected chi connectivity index (χ1v) is 10.5. The number of hydrogen-bond donors (Lipinski definition) is 0. The van der Waals surface area contributed by atoms with Gasteiger partial charge in [-0.05, 0) is 11.1 Å². The van der Waals surface area contributed by atoms with Crippen molar-refractivity contribution in [2.75, 3.05) is 11.3 Å². The van der Waals surface area contributed by atoms with Crippen molar-refractivity contribution in [2.45, 2.75) is 13.0 Å². The number of fused-ring (bicyclic) bond motifs is 1. The topological polar surface area (TPSA) is 84.6 Å². The maximum absolute atomic E-state index is 12.5. The lowest BCUT2D eigenvalue weighted by Gasteiger charge is -2.30. The summed E-state index contributed by atoms with van der Waals surface area (Å²) >= 11 is 0. The van der Waals surface area contributed by atoms with E-state index in [2.05, 4.69) is 10.2 Å². The van der Waals surface area contributed by atoms with Crippen molar-refractivity contribution in [3.05, 3.63) is 72.4 Å². The molecule has 0 bridgehead atoms. The molecule has 0 N–H and O–H groups in total. The quantitative estimate of drug-likeness (QED) is 0.669. The molecule has 28 heavy (non-hydrogen) atoms. The van der Waals surface area contributed by atoms with E-state index in [1.165, 1.54) is 6.92 Å². The van der Waals surface area contributed by atoms with Crippen LogP contribution in [0.25, 0.3) is 11.1 Å². The molecule has 1 amide bonds. The molecular weight excluding hydrogens is 376 g/mol. The number of benzene rings is 2. The Hall–Kier alpha value is -3.26. The van der Waals surface area contributed by atoms with Crippen LogP contribution >= 0.6 is 0 Å². The Morgan fingerprint density at radius 3 is 2.18 bits per heavy atom. The number of sulfone groups is 1. The van der Waals surface area contributed by atoms with Crippen molar-refractivity contribution < 1.29 is 13.2 Å². The SMILES string of the molecule is CC(=O)N1N=C(S(C)(=O)=O)C(c2ccccc2)n2ncc(-c3ccccc3)c21. The molecule has 1 aromatic heterocycles. The van der Waals surface area contributed by atoms with E-state index in [-0.39, 0.29) is 5.04 Å². The zero-order valence-electron chi connectivity index (χ0n) is 15.4. The summed E-state index contributed by atoms with van der Waals surface area (Å²) in [6.45, 7) is 1.35. The molecule has 1 unspecified atom stereocenters. The lowest BCUT2D eigenvalue weighted by atomic mass is 10.1. The highest BCUT2D eigenvalue weighted by Crippen LogP contribution is 2.39. The van der Waals surface area contributed by atoms with Crippen molar-refractivity contribution >= 4 is 26.6 Å². The molecule has 4 rings (SSSR count). The van der Waals surface area contributed by atoms with Crippen LogP contribution in [-0.4, -0.2) is 35.4 Å². The Kier molecular flexibility index (Phi) is 4.35. The van der Waals surface area contributed by atoms with Gasteiger partial charge < -0.3 is 0 Å². The second kappa shape index (κ2) is 6.72. The summed E-state index contributed by atoms with van der Waals surface area (Å²) in [5, 5.41) is 9.72. The standard InChI is InChI=1S/C20H18N4O3S/c1-14(25)23-20-17(15-9-5-3-6-10-15)13-21-24(20)18(16-11-7-4-8-12-16)19(22-23)28(2,26)27/h3-13,18H,1-2H3. The smallest absolute Gasteiger partial charge is 0.245 e. The third-order valence-electron chi connectivity index (χ3n) is 4.53. The Balaban J connectivity index is 2.02. The molecule has 2 heterocycles. The first kappa shape index (κ1) is 18.1. The molecule has 0 radical (unpaired) electrons. The minimum atomic E-state index is -3.69. The van der Waals surface area contributed by atoms with E-state index in [0.717, 1.165) is 22.4 Å². The van der Waals surface area contributed by atoms with Gasteiger partial charge in [-0.2, -0.15) is 15.2 Å². The van der Waals surface area contributed by atoms with Gasteiger partial charge in [-0.25, -0.2) is 13.1 Å². The largest absolute Gasteiger partial charge is 0.273 e. The van der Waals surface area contributed by atoms with E-state index in [1.807, 2.05) is 60.7 Å². The average Bonchev–Trinajstić information content (AvgIpc) is 3.12. The molecule has 0 saturated heterocycles. The number of carbonyl (C=O) groups excluding carboxylic acids is 1. The van der Waals surface area contributed by atoms with Gasteiger partial charge >= 0.3 is 0 Å². The normalized spacial score (nSPS) is 16.4. The summed E-state index contributed by atoms with van der Waals surface area (Å²) in [5.74, 6) is 0.0477. The highest BCUT2D eigenvalue weighted by Gasteiger charge is 2.39. The van der Waals surface area contributed by atoms with Crippen molar-refractivity contribution in [2.24, 2.45) is 5.10 Å². The number of nitrogens with zero attached hydrogens (tertiary/aromatic N) is 4. The number of carbonyl (C=O) groups is 1. The Labute approximate surface area is 162 Å². The van der Waals surface area contributed by atoms with Gasteiger partial charge in [0.2, 0.25) is 5.91 Å². The fourth-order valence-corrected chi connectivity index (χ4v) is 4.17. The van der Waals surface area contributed by atoms with E-state index in [0.29, 0.717) is 11.4 Å². The van der Waals surface area contributed by atoms with E-state index >= 15 is 0 Å². The highest BCUT2D eigenvalue weighted by molar-refractivity contribution is 8.05. The average molecular weight is 394 g/mol. The molecule has 0 fully saturated rings. The fourth-order valence-electron chi connectivity index (χ4n) is 3.30. The van der Waals surface area contributed by atoms with Crippen LogP contribution in [0.4, 0.5) is 5.82 Å². The monoisotopic (exact) mass is 394 g/mol. The molecule has 8 heteroatoms. The molecule has 7 nitrogen and oxygen atoms in total. The Bertz CT molecular complexity index is 1170. The predicted octanol–water partition coefficient (Wildman–Crippen LogP) is 2.86. The fraction of sp³-hybridized carbons (Fsp3) is 0.150. The summed E-state index contributed by atoms with van der Waals surface area (Å²) in [6, 6.07) is 17.9. The van der Waals surface area contributed by atoms with Crippen LogP contribution in [0.1, 0.15) is 18.5 Å². The van der Waals surface area contributed by atoms with Crippen LogP contribution < -0.4 is 5.01 Å². The van der Waals surface area contributed by atoms with Gasteiger partial charge in [0, 0.05) is 18.7 Å². The van der Waals surface area contributed by atoms with Crippen molar-refractivity contribution in [3.63, 3.8) is 0 Å². The highest BCUT2D eigenvalue weighted by atomic mass is 32.2. The number of rotatable bonds is 2. The van der Waals surface area contributed by atoms with Gasteiger partial charge in [-0.1, -0.05) is 60.7 Å². The van der Waals surface area contributed by atoms with Crippen molar-refractivity contribution in [3.8, 4) is 11.1 Å². The molecular formula is C20H18N4O3S. The van der Waals surface area contributed by atoms with Gasteiger partial charge in [0.15, 0.2) is 20.7 Å². The maximum atomic E-state index is 12.5. The summed E-state index contributed by atoms with van der Waals surface area (Å²) in [6.07, 6.45) is 2.73. The van der Waals surface area contributed by atoms with Crippen molar-refractivity contribution in [1.82, 2.24) is 9.78 Å². The number of anilines is 1. The number of hydrogen-bond acceptors (Lipinski definition) is 5. The molecule has 1 atom stereocenters. The summed E-state index contributed by atoms with van der Waals surface area (Å²) in [7, 11) is -3.69. The first-order valence-electron chi connectivity index (χ1n) is 8.65. The van der Waals surface area contributed by atoms with Crippen LogP contribution in [-0.2, 0) is 14.6 Å². The summed E-state index contributed by atoms with van der Waals surface area (Å²) in [5.41, 5.74) is 2.28. The van der Waals surface area contributed by atoms with Crippen LogP contribution in [0.2, 0.25) is 0 Å². The van der Waals surface area contributed by atoms with Gasteiger partial charge in [-0.3, -0.25) is 4.79 Å². The zero-order chi connectivity index (χ0) is 19.9. The number of aromatic nitrogens is 2. The molecule has 2 aromatic carbocycles. The zero-order valence-corrected chi connectivity index (χ0v) is 16.2. The second-order valence-corrected chi connectivity index (χ2v) is 8.51. The summed E-state index contributed by atoms with van der Waals surface area (Å²) < 4.78 is 26.6. The third-order valence-corrected chi connectivity index (χ3v) is 5.59. The molecule has 0 saturated carbocycles. The maximum Gasteiger partial charge on any atom is 0.245 e. The van der Waals surface area contributed by atoms with Crippen LogP contribution in [0.15, 0.2) is 72.0 Å². The Morgan fingerprint density at radius 2 is 1.61 bits per heavy atom. The molecule has 3 aromatic rings. The lowest BCUT2D eigenvalue weighted by Crippen LogP contribution is -2.39. The van der Waals surface area contributed by atoms with E-state index < -0.39 is 21.8 Å².